The number of amides is 1. The first-order valence-electron chi connectivity index (χ1n) is 8.01. The number of nitrogens with zero attached hydrogens (tertiary/aromatic N) is 1. The highest BCUT2D eigenvalue weighted by Gasteiger charge is 2.34. The number of aromatic hydroxyl groups is 1. The number of piperidine rings is 1. The largest absolute Gasteiger partial charge is 0.508 e. The van der Waals surface area contributed by atoms with Crippen LogP contribution in [0.25, 0.3) is 0 Å². The molecule has 1 aromatic rings. The van der Waals surface area contributed by atoms with Crippen LogP contribution < -0.4 is 5.32 Å². The molecule has 2 atom stereocenters. The molecule has 0 bridgehead atoms. The van der Waals surface area contributed by atoms with Crippen molar-refractivity contribution in [1.29, 1.82) is 0 Å². The first-order valence-corrected chi connectivity index (χ1v) is 8.01. The Hall–Kier alpha value is -1.55. The summed E-state index contributed by atoms with van der Waals surface area (Å²) in [4.78, 5) is 14.8. The fourth-order valence-corrected chi connectivity index (χ4v) is 3.58. The Bertz CT molecular complexity index is 524. The summed E-state index contributed by atoms with van der Waals surface area (Å²) in [6.45, 7) is 3.74. The fourth-order valence-electron chi connectivity index (χ4n) is 3.58. The molecule has 4 heteroatoms. The van der Waals surface area contributed by atoms with Crippen molar-refractivity contribution >= 4 is 5.91 Å². The Morgan fingerprint density at radius 2 is 2.14 bits per heavy atom. The number of carbonyl (C=O) groups is 1. The van der Waals surface area contributed by atoms with E-state index in [1.54, 1.807) is 6.07 Å². The van der Waals surface area contributed by atoms with Gasteiger partial charge in [0.1, 0.15) is 5.75 Å². The molecule has 1 aromatic carbocycles. The van der Waals surface area contributed by atoms with Crippen LogP contribution in [0.15, 0.2) is 18.2 Å². The molecule has 0 saturated carbocycles. The van der Waals surface area contributed by atoms with Gasteiger partial charge in [0.25, 0.3) is 5.91 Å². The third kappa shape index (κ3) is 2.91. The lowest BCUT2D eigenvalue weighted by Gasteiger charge is -2.39. The molecule has 2 aliphatic rings. The minimum absolute atomic E-state index is 0.0590. The van der Waals surface area contributed by atoms with Gasteiger partial charge in [-0.15, -0.1) is 0 Å². The maximum atomic E-state index is 12.8. The second-order valence-electron chi connectivity index (χ2n) is 6.27. The van der Waals surface area contributed by atoms with Crippen molar-refractivity contribution in [2.24, 2.45) is 0 Å². The highest BCUT2D eigenvalue weighted by atomic mass is 16.3. The van der Waals surface area contributed by atoms with E-state index in [4.69, 9.17) is 0 Å². The number of phenols is 1. The minimum Gasteiger partial charge on any atom is -0.508 e. The lowest BCUT2D eigenvalue weighted by molar-refractivity contribution is 0.0563. The number of likely N-dealkylation sites (tertiary alicyclic amines) is 1. The second kappa shape index (κ2) is 6.06. The smallest absolute Gasteiger partial charge is 0.254 e. The number of benzene rings is 1. The van der Waals surface area contributed by atoms with E-state index in [0.717, 1.165) is 37.9 Å². The van der Waals surface area contributed by atoms with Crippen molar-refractivity contribution in [3.05, 3.63) is 29.3 Å². The predicted octanol–water partition coefficient (Wildman–Crippen LogP) is 2.45. The van der Waals surface area contributed by atoms with Crippen molar-refractivity contribution < 1.29 is 9.90 Å². The molecule has 2 aliphatic heterocycles. The maximum Gasteiger partial charge on any atom is 0.254 e. The van der Waals surface area contributed by atoms with Gasteiger partial charge in [-0.2, -0.15) is 0 Å². The van der Waals surface area contributed by atoms with Crippen molar-refractivity contribution in [3.63, 3.8) is 0 Å². The van der Waals surface area contributed by atoms with Crippen LogP contribution in [0, 0.1) is 6.92 Å². The summed E-state index contributed by atoms with van der Waals surface area (Å²) in [5.41, 5.74) is 1.40. The lowest BCUT2D eigenvalue weighted by atomic mass is 9.93. The van der Waals surface area contributed by atoms with Gasteiger partial charge in [0.15, 0.2) is 0 Å². The average Bonchev–Trinajstić information content (AvgIpc) is 3.03. The van der Waals surface area contributed by atoms with E-state index in [1.807, 2.05) is 24.0 Å². The topological polar surface area (TPSA) is 52.6 Å². The van der Waals surface area contributed by atoms with Crippen molar-refractivity contribution in [2.45, 2.75) is 51.1 Å². The predicted molar refractivity (Wildman–Crippen MR) is 82.5 cm³/mol. The number of hydrogen-bond acceptors (Lipinski definition) is 3. The van der Waals surface area contributed by atoms with E-state index in [-0.39, 0.29) is 11.7 Å². The number of nitrogens with one attached hydrogen (secondary N) is 1. The third-order valence-electron chi connectivity index (χ3n) is 4.83. The van der Waals surface area contributed by atoms with Crippen LogP contribution in [-0.4, -0.2) is 41.1 Å². The van der Waals surface area contributed by atoms with Gasteiger partial charge in [-0.3, -0.25) is 4.79 Å². The normalized spacial score (nSPS) is 26.0. The summed E-state index contributed by atoms with van der Waals surface area (Å²) >= 11 is 0. The van der Waals surface area contributed by atoms with Gasteiger partial charge in [-0.05, 0) is 63.3 Å². The Morgan fingerprint density at radius 1 is 1.29 bits per heavy atom. The number of hydrogen-bond donors (Lipinski definition) is 2. The molecule has 2 unspecified atom stereocenters. The average molecular weight is 288 g/mol. The quantitative estimate of drug-likeness (QED) is 0.879. The van der Waals surface area contributed by atoms with Crippen LogP contribution >= 0.6 is 0 Å². The van der Waals surface area contributed by atoms with Crippen LogP contribution in [0.4, 0.5) is 0 Å². The maximum absolute atomic E-state index is 12.8. The summed E-state index contributed by atoms with van der Waals surface area (Å²) in [6.07, 6.45) is 5.72. The van der Waals surface area contributed by atoms with Crippen LogP contribution in [0.1, 0.15) is 48.0 Å². The van der Waals surface area contributed by atoms with Gasteiger partial charge in [0.2, 0.25) is 0 Å². The molecular formula is C17H24N2O2. The molecule has 2 N–H and O–H groups in total. The lowest BCUT2D eigenvalue weighted by Crippen LogP contribution is -2.52. The van der Waals surface area contributed by atoms with Crippen molar-refractivity contribution in [2.75, 3.05) is 13.1 Å². The Kier molecular flexibility index (Phi) is 4.15. The highest BCUT2D eigenvalue weighted by Crippen LogP contribution is 2.27. The monoisotopic (exact) mass is 288 g/mol. The highest BCUT2D eigenvalue weighted by molar-refractivity contribution is 5.95. The number of rotatable bonds is 2. The second-order valence-corrected chi connectivity index (χ2v) is 6.27. The van der Waals surface area contributed by atoms with Crippen LogP contribution in [0.3, 0.4) is 0 Å². The van der Waals surface area contributed by atoms with E-state index >= 15 is 0 Å². The zero-order valence-corrected chi connectivity index (χ0v) is 12.6. The number of carbonyl (C=O) groups excluding carboxylic acids is 1. The Balaban J connectivity index is 1.81. The van der Waals surface area contributed by atoms with Crippen molar-refractivity contribution in [3.8, 4) is 5.75 Å². The molecule has 21 heavy (non-hydrogen) atoms. The van der Waals surface area contributed by atoms with Gasteiger partial charge < -0.3 is 15.3 Å². The summed E-state index contributed by atoms with van der Waals surface area (Å²) in [5.74, 6) is 0.261. The molecule has 114 valence electrons. The molecule has 4 nitrogen and oxygen atoms in total. The Morgan fingerprint density at radius 3 is 2.86 bits per heavy atom. The molecule has 3 rings (SSSR count). The van der Waals surface area contributed by atoms with Gasteiger partial charge in [-0.25, -0.2) is 0 Å². The van der Waals surface area contributed by atoms with Crippen LogP contribution in [0.2, 0.25) is 0 Å². The molecular weight excluding hydrogens is 264 g/mol. The van der Waals surface area contributed by atoms with Crippen LogP contribution in [0.5, 0.6) is 5.75 Å². The molecule has 2 heterocycles. The van der Waals surface area contributed by atoms with Gasteiger partial charge in [0, 0.05) is 24.2 Å². The molecule has 0 aliphatic carbocycles. The van der Waals surface area contributed by atoms with E-state index in [2.05, 4.69) is 5.32 Å². The summed E-state index contributed by atoms with van der Waals surface area (Å²) in [5, 5.41) is 13.4. The molecule has 1 amide bonds. The van der Waals surface area contributed by atoms with Gasteiger partial charge in [-0.1, -0.05) is 6.07 Å². The number of aryl methyl sites for hydroxylation is 1. The SMILES string of the molecule is Cc1ccc(C(=O)N2CCCCC2C2CCCN2)cc1O. The summed E-state index contributed by atoms with van der Waals surface area (Å²) < 4.78 is 0. The van der Waals surface area contributed by atoms with E-state index in [0.29, 0.717) is 17.6 Å². The summed E-state index contributed by atoms with van der Waals surface area (Å²) in [6, 6.07) is 5.98. The first-order chi connectivity index (χ1) is 10.2. The molecule has 0 spiro atoms. The summed E-state index contributed by atoms with van der Waals surface area (Å²) in [7, 11) is 0. The van der Waals surface area contributed by atoms with Gasteiger partial charge >= 0.3 is 0 Å². The van der Waals surface area contributed by atoms with E-state index in [1.165, 1.54) is 12.8 Å². The first kappa shape index (κ1) is 14.4. The minimum atomic E-state index is 0.0590. The van der Waals surface area contributed by atoms with Gasteiger partial charge in [0.05, 0.1) is 0 Å². The zero-order chi connectivity index (χ0) is 14.8. The van der Waals surface area contributed by atoms with E-state index in [9.17, 15) is 9.90 Å². The van der Waals surface area contributed by atoms with E-state index < -0.39 is 0 Å². The zero-order valence-electron chi connectivity index (χ0n) is 12.6. The van der Waals surface area contributed by atoms with Crippen LogP contribution in [-0.2, 0) is 0 Å². The molecule has 0 aromatic heterocycles. The number of phenolic OH excluding ortho intramolecular Hbond substituents is 1. The standard InChI is InChI=1S/C17H24N2O2/c1-12-7-8-13(11-16(12)20)17(21)19-10-3-2-6-15(19)14-5-4-9-18-14/h7-8,11,14-15,18,20H,2-6,9-10H2,1H3. The molecule has 0 radical (unpaired) electrons. The Labute approximate surface area is 126 Å². The van der Waals surface area contributed by atoms with Crippen molar-refractivity contribution in [1.82, 2.24) is 10.2 Å². The third-order valence-corrected chi connectivity index (χ3v) is 4.83. The fraction of sp³-hybridized carbons (Fsp3) is 0.588. The molecule has 2 fully saturated rings. The molecule has 2 saturated heterocycles.